The first kappa shape index (κ1) is 28.0. The molecule has 1 aromatic rings. The molecule has 4 N–H and O–H groups in total. The van der Waals surface area contributed by atoms with Crippen LogP contribution in [-0.2, 0) is 24.3 Å². The molecule has 0 aromatic heterocycles. The Labute approximate surface area is 221 Å². The summed E-state index contributed by atoms with van der Waals surface area (Å²) in [6, 6.07) is 5.17. The third-order valence-corrected chi connectivity index (χ3v) is 9.63. The number of benzene rings is 1. The highest BCUT2D eigenvalue weighted by Gasteiger charge is 2.47. The summed E-state index contributed by atoms with van der Waals surface area (Å²) in [4.78, 5) is 38.1. The number of likely N-dealkylation sites (tertiary alicyclic amines) is 1. The molecule has 0 unspecified atom stereocenters. The topological polar surface area (TPSA) is 169 Å². The Hall–Kier alpha value is -3.00. The lowest BCUT2D eigenvalue weighted by molar-refractivity contribution is -0.141. The number of piperidine rings is 1. The van der Waals surface area contributed by atoms with E-state index in [1.54, 1.807) is 17.6 Å². The van der Waals surface area contributed by atoms with Gasteiger partial charge in [0.05, 0.1) is 24.4 Å². The Morgan fingerprint density at radius 3 is 2.53 bits per heavy atom. The second-order valence-electron chi connectivity index (χ2n) is 10.1. The Kier molecular flexibility index (Phi) is 8.40. The minimum atomic E-state index is -3.88. The van der Waals surface area contributed by atoms with Crippen LogP contribution in [0.5, 0.6) is 0 Å². The van der Waals surface area contributed by atoms with Gasteiger partial charge in [-0.25, -0.2) is 18.7 Å². The van der Waals surface area contributed by atoms with E-state index in [1.807, 2.05) is 19.1 Å². The monoisotopic (exact) mass is 550 g/mol. The fourth-order valence-electron chi connectivity index (χ4n) is 5.26. The molecule has 3 heterocycles. The van der Waals surface area contributed by atoms with Crippen molar-refractivity contribution < 1.29 is 37.5 Å². The highest BCUT2D eigenvalue weighted by atomic mass is 32.2. The normalized spacial score (nSPS) is 22.0. The zero-order valence-corrected chi connectivity index (χ0v) is 22.2. The molecule has 13 heteroatoms. The number of amides is 3. The van der Waals surface area contributed by atoms with Crippen molar-refractivity contribution in [1.82, 2.24) is 14.7 Å². The molecule has 0 bridgehead atoms. The number of carbonyl (C=O) groups is 3. The number of aryl methyl sites for hydroxylation is 1. The van der Waals surface area contributed by atoms with E-state index in [0.717, 1.165) is 16.7 Å². The number of carbonyl (C=O) groups excluding carboxylic acids is 3. The first-order valence-corrected chi connectivity index (χ1v) is 14.2. The van der Waals surface area contributed by atoms with Crippen molar-refractivity contribution in [3.8, 4) is 0 Å². The minimum Gasteiger partial charge on any atom is -0.444 e. The van der Waals surface area contributed by atoms with E-state index in [2.05, 4.69) is 0 Å². The number of nitrogens with one attached hydrogen (secondary N) is 1. The van der Waals surface area contributed by atoms with E-state index in [1.165, 1.54) is 9.21 Å². The molecule has 208 valence electrons. The highest BCUT2D eigenvalue weighted by Crippen LogP contribution is 2.36. The van der Waals surface area contributed by atoms with Gasteiger partial charge in [-0.05, 0) is 55.0 Å². The number of rotatable bonds is 7. The molecule has 3 amide bonds. The number of ether oxygens (including phenoxy) is 2. The van der Waals surface area contributed by atoms with E-state index in [-0.39, 0.29) is 45.1 Å². The number of nitrogens with zero attached hydrogens (tertiary/aromatic N) is 2. The van der Waals surface area contributed by atoms with Crippen LogP contribution in [0.25, 0.3) is 5.57 Å². The second-order valence-corrected chi connectivity index (χ2v) is 12.0. The number of primary amides is 1. The maximum absolute atomic E-state index is 13.4. The maximum Gasteiger partial charge on any atom is 0.410 e. The number of nitrogens with two attached hydrogens (primary N) is 1. The predicted molar refractivity (Wildman–Crippen MR) is 137 cm³/mol. The van der Waals surface area contributed by atoms with Gasteiger partial charge < -0.3 is 20.1 Å². The molecule has 0 saturated carbocycles. The predicted octanol–water partition coefficient (Wildman–Crippen LogP) is 1.03. The first-order valence-electron chi connectivity index (χ1n) is 12.6. The summed E-state index contributed by atoms with van der Waals surface area (Å²) < 4.78 is 38.8. The zero-order valence-electron chi connectivity index (χ0n) is 21.3. The summed E-state index contributed by atoms with van der Waals surface area (Å²) in [6.07, 6.45) is 2.21. The van der Waals surface area contributed by atoms with Crippen LogP contribution in [0.3, 0.4) is 0 Å². The van der Waals surface area contributed by atoms with Crippen LogP contribution in [0, 0.1) is 12.3 Å². The van der Waals surface area contributed by atoms with E-state index in [0.29, 0.717) is 31.6 Å². The van der Waals surface area contributed by atoms with E-state index < -0.39 is 39.1 Å². The van der Waals surface area contributed by atoms with Crippen molar-refractivity contribution in [1.29, 1.82) is 0 Å². The molecule has 4 rings (SSSR count). The van der Waals surface area contributed by atoms with Gasteiger partial charge in [-0.3, -0.25) is 14.8 Å². The Bertz CT molecular complexity index is 1220. The molecule has 3 aliphatic rings. The number of hydrogen-bond donors (Lipinski definition) is 3. The van der Waals surface area contributed by atoms with E-state index in [4.69, 9.17) is 15.2 Å². The van der Waals surface area contributed by atoms with Crippen LogP contribution in [0.2, 0.25) is 0 Å². The van der Waals surface area contributed by atoms with Gasteiger partial charge in [0.25, 0.3) is 5.91 Å². The summed E-state index contributed by atoms with van der Waals surface area (Å²) in [7, 11) is -3.88. The molecule has 2 fully saturated rings. The van der Waals surface area contributed by atoms with Crippen molar-refractivity contribution in [3.63, 3.8) is 0 Å². The van der Waals surface area contributed by atoms with Crippen LogP contribution in [0.4, 0.5) is 4.79 Å². The Morgan fingerprint density at radius 1 is 1.24 bits per heavy atom. The van der Waals surface area contributed by atoms with Crippen molar-refractivity contribution in [2.45, 2.75) is 38.7 Å². The lowest BCUT2D eigenvalue weighted by atomic mass is 9.79. The highest BCUT2D eigenvalue weighted by molar-refractivity contribution is 7.89. The van der Waals surface area contributed by atoms with Crippen molar-refractivity contribution in [3.05, 3.63) is 41.0 Å². The largest absolute Gasteiger partial charge is 0.444 e. The fourth-order valence-corrected chi connectivity index (χ4v) is 7.23. The van der Waals surface area contributed by atoms with Crippen LogP contribution in [-0.4, -0.2) is 92.0 Å². The van der Waals surface area contributed by atoms with Gasteiger partial charge in [-0.2, -0.15) is 4.31 Å². The minimum absolute atomic E-state index is 0.0647. The summed E-state index contributed by atoms with van der Waals surface area (Å²) in [6.45, 7) is 3.35. The molecule has 2 saturated heterocycles. The van der Waals surface area contributed by atoms with Gasteiger partial charge in [-0.1, -0.05) is 12.1 Å². The smallest absolute Gasteiger partial charge is 0.410 e. The molecule has 0 radical (unpaired) electrons. The van der Waals surface area contributed by atoms with Crippen molar-refractivity contribution in [2.75, 3.05) is 45.1 Å². The van der Waals surface area contributed by atoms with Crippen LogP contribution in [0.1, 0.15) is 47.2 Å². The molecule has 38 heavy (non-hydrogen) atoms. The average Bonchev–Trinajstić information content (AvgIpc) is 3.41. The van der Waals surface area contributed by atoms with E-state index in [9.17, 15) is 28.0 Å². The maximum atomic E-state index is 13.4. The first-order chi connectivity index (χ1) is 18.0. The van der Waals surface area contributed by atoms with Gasteiger partial charge in [0.1, 0.15) is 6.10 Å². The van der Waals surface area contributed by atoms with Gasteiger partial charge in [0, 0.05) is 38.2 Å². The van der Waals surface area contributed by atoms with Crippen LogP contribution < -0.4 is 11.2 Å². The van der Waals surface area contributed by atoms with Gasteiger partial charge in [-0.15, -0.1) is 0 Å². The number of hydrogen-bond acceptors (Lipinski definition) is 8. The molecule has 1 aromatic carbocycles. The summed E-state index contributed by atoms with van der Waals surface area (Å²) in [5.41, 5.74) is 8.77. The molecule has 12 nitrogen and oxygen atoms in total. The average molecular weight is 551 g/mol. The third-order valence-electron chi connectivity index (χ3n) is 7.60. The van der Waals surface area contributed by atoms with Gasteiger partial charge in [0.15, 0.2) is 0 Å². The lowest BCUT2D eigenvalue weighted by Crippen LogP contribution is -2.54. The molecular weight excluding hydrogens is 516 g/mol. The van der Waals surface area contributed by atoms with Gasteiger partial charge >= 0.3 is 6.09 Å². The van der Waals surface area contributed by atoms with Crippen molar-refractivity contribution >= 4 is 33.5 Å². The SMILES string of the molecule is Cc1cc(C(N)=O)ccc1C1=CCN(S(=O)(=O)CC2(C(=O)NO)CCN(C(=O)O[C@H]3CCOC3)CC2)CC1. The van der Waals surface area contributed by atoms with E-state index >= 15 is 0 Å². The third kappa shape index (κ3) is 6.01. The standard InChI is InChI=1S/C25H34N4O8S/c1-17-14-19(22(26)30)2-3-21(17)18-4-9-29(10-5-18)38(34,35)16-25(23(31)27-33)7-11-28(12-8-25)24(32)37-20-6-13-36-15-20/h2-4,14,20,33H,5-13,15-16H2,1H3,(H2,26,30)(H,27,31)/t20-/m0/s1. The number of sulfonamides is 1. The number of hydroxylamine groups is 1. The summed E-state index contributed by atoms with van der Waals surface area (Å²) in [5.74, 6) is -1.78. The summed E-state index contributed by atoms with van der Waals surface area (Å²) in [5, 5.41) is 9.40. The van der Waals surface area contributed by atoms with Crippen LogP contribution >= 0.6 is 0 Å². The summed E-state index contributed by atoms with van der Waals surface area (Å²) >= 11 is 0. The molecule has 1 atom stereocenters. The van der Waals surface area contributed by atoms with Gasteiger partial charge in [0.2, 0.25) is 15.9 Å². The quantitative estimate of drug-likeness (QED) is 0.334. The lowest BCUT2D eigenvalue weighted by Gasteiger charge is -2.40. The molecule has 0 aliphatic carbocycles. The molecule has 0 spiro atoms. The fraction of sp³-hybridized carbons (Fsp3) is 0.560. The van der Waals surface area contributed by atoms with Crippen LogP contribution in [0.15, 0.2) is 24.3 Å². The Morgan fingerprint density at radius 2 is 1.97 bits per heavy atom. The Balaban J connectivity index is 1.42. The van der Waals surface area contributed by atoms with Crippen molar-refractivity contribution in [2.24, 2.45) is 11.1 Å². The second kappa shape index (κ2) is 11.4. The zero-order chi connectivity index (χ0) is 27.5. The molecule has 3 aliphatic heterocycles. The molecular formula is C25H34N4O8S.